The molecule has 16 aromatic rings. The van der Waals surface area contributed by atoms with E-state index in [0.29, 0.717) is 0 Å². The van der Waals surface area contributed by atoms with Gasteiger partial charge in [0.05, 0.1) is 72.2 Å². The second-order valence-electron chi connectivity index (χ2n) is 19.1. The lowest BCUT2D eigenvalue weighted by atomic mass is 10.1. The second-order valence-corrected chi connectivity index (χ2v) is 19.1. The Morgan fingerprint density at radius 1 is 0.219 bits per heavy atom. The maximum atomic E-state index is 5.19. The molecule has 5 aromatic heterocycles. The molecule has 0 aliphatic carbocycles. The maximum absolute atomic E-state index is 5.19. The minimum Gasteiger partial charge on any atom is -0.309 e. The van der Waals surface area contributed by atoms with Gasteiger partial charge in [-0.2, -0.15) is 0 Å². The van der Waals surface area contributed by atoms with E-state index in [-0.39, 0.29) is 0 Å². The Bertz CT molecular complexity index is 4670. The van der Waals surface area contributed by atoms with Gasteiger partial charge < -0.3 is 18.3 Å². The van der Waals surface area contributed by atoms with Gasteiger partial charge in [0.2, 0.25) is 0 Å². The quantitative estimate of drug-likeness (QED) is 0.164. The first-order valence-corrected chi connectivity index (χ1v) is 25.0. The molecule has 11 aromatic carbocycles. The summed E-state index contributed by atoms with van der Waals surface area (Å²) >= 11 is 0. The lowest BCUT2D eigenvalue weighted by Crippen LogP contribution is -2.03. The smallest absolute Gasteiger partial charge is 0.145 e. The summed E-state index contributed by atoms with van der Waals surface area (Å²) in [6, 6.07) is 92.7. The molecule has 0 spiro atoms. The Balaban J connectivity index is 0.946. The molecule has 0 atom stereocenters. The normalized spacial score (nSPS) is 12.1. The van der Waals surface area contributed by atoms with Crippen LogP contribution in [-0.4, -0.2) is 27.8 Å². The highest BCUT2D eigenvalue weighted by Gasteiger charge is 2.23. The first-order chi connectivity index (χ1) is 36.2. The molecule has 0 unspecified atom stereocenters. The fourth-order valence-corrected chi connectivity index (χ4v) is 12.3. The molecule has 0 saturated carbocycles. The van der Waals surface area contributed by atoms with Crippen LogP contribution in [0.25, 0.3) is 138 Å². The molecule has 16 rings (SSSR count). The fraction of sp³-hybridized carbons (Fsp3) is 0. The largest absolute Gasteiger partial charge is 0.309 e. The third-order valence-electron chi connectivity index (χ3n) is 15.3. The number of benzene rings is 11. The molecule has 0 aliphatic heterocycles. The van der Waals surface area contributed by atoms with Crippen molar-refractivity contribution in [2.24, 2.45) is 0 Å². The van der Waals surface area contributed by atoms with Crippen molar-refractivity contribution in [2.45, 2.75) is 0 Å². The molecule has 6 heteroatoms. The number of fused-ring (bicyclic) bond motifs is 14. The summed E-state index contributed by atoms with van der Waals surface area (Å²) in [4.78, 5) is 5.19. The standard InChI is InChI=1S/C67H42N6/c1-2-18-44(19-3-1)73-62-33-17-10-26-55(62)68-67(73)43-34-36-45(37-35-43)69-60-31-15-8-24-53(60)65-63(69)38-39-64-66(65)54-25-9-16-32-61(54)72(64)48-41-46(70-56-27-11-4-20-49(56)50-21-5-12-28-57(50)70)40-47(42-48)71-58-29-13-6-22-51(58)52-23-7-14-30-59(52)71/h1-42H. The lowest BCUT2D eigenvalue weighted by Gasteiger charge is -2.17. The average Bonchev–Trinajstić information content (AvgIpc) is 4.29. The zero-order valence-corrected chi connectivity index (χ0v) is 39.4. The minimum atomic E-state index is 0.916. The van der Waals surface area contributed by atoms with Crippen LogP contribution in [-0.2, 0) is 0 Å². The van der Waals surface area contributed by atoms with E-state index >= 15 is 0 Å². The van der Waals surface area contributed by atoms with Crippen LogP contribution in [0.3, 0.4) is 0 Å². The maximum Gasteiger partial charge on any atom is 0.145 e. The first-order valence-electron chi connectivity index (χ1n) is 25.0. The molecule has 73 heavy (non-hydrogen) atoms. The Labute approximate surface area is 418 Å². The minimum absolute atomic E-state index is 0.916. The van der Waals surface area contributed by atoms with Crippen LogP contribution >= 0.6 is 0 Å². The topological polar surface area (TPSA) is 37.5 Å². The van der Waals surface area contributed by atoms with E-state index in [4.69, 9.17) is 4.98 Å². The van der Waals surface area contributed by atoms with E-state index in [1.165, 1.54) is 65.2 Å². The molecule has 5 heterocycles. The Kier molecular flexibility index (Phi) is 8.36. The molecule has 0 saturated heterocycles. The van der Waals surface area contributed by atoms with Gasteiger partial charge in [-0.15, -0.1) is 0 Å². The Hall–Kier alpha value is -9.91. The molecule has 0 fully saturated rings. The van der Waals surface area contributed by atoms with Gasteiger partial charge in [-0.1, -0.05) is 140 Å². The van der Waals surface area contributed by atoms with Gasteiger partial charge in [0.25, 0.3) is 0 Å². The zero-order valence-electron chi connectivity index (χ0n) is 39.4. The summed E-state index contributed by atoms with van der Waals surface area (Å²) in [5.41, 5.74) is 17.9. The van der Waals surface area contributed by atoms with E-state index in [2.05, 4.69) is 278 Å². The monoisotopic (exact) mass is 930 g/mol. The van der Waals surface area contributed by atoms with Crippen molar-refractivity contribution < 1.29 is 0 Å². The van der Waals surface area contributed by atoms with Crippen LogP contribution in [0.5, 0.6) is 0 Å². The molecule has 0 amide bonds. The van der Waals surface area contributed by atoms with E-state index in [1.807, 2.05) is 0 Å². The van der Waals surface area contributed by atoms with E-state index in [9.17, 15) is 0 Å². The van der Waals surface area contributed by atoms with Crippen molar-refractivity contribution in [3.05, 3.63) is 255 Å². The number of hydrogen-bond donors (Lipinski definition) is 0. The summed E-state index contributed by atoms with van der Waals surface area (Å²) in [5, 5.41) is 9.83. The van der Waals surface area contributed by atoms with Crippen LogP contribution in [0.15, 0.2) is 255 Å². The van der Waals surface area contributed by atoms with Crippen molar-refractivity contribution in [3.63, 3.8) is 0 Å². The first kappa shape index (κ1) is 39.9. The molecular formula is C67H42N6. The van der Waals surface area contributed by atoms with Gasteiger partial charge in [0.15, 0.2) is 0 Å². The molecule has 340 valence electrons. The average molecular weight is 931 g/mol. The van der Waals surface area contributed by atoms with Crippen molar-refractivity contribution in [1.29, 1.82) is 0 Å². The number of para-hydroxylation sites is 9. The van der Waals surface area contributed by atoms with Crippen LogP contribution in [0, 0.1) is 0 Å². The molecule has 0 radical (unpaired) electrons. The Morgan fingerprint density at radius 3 is 1.00 bits per heavy atom. The number of imidazole rings is 1. The number of nitrogens with zero attached hydrogens (tertiary/aromatic N) is 6. The highest BCUT2D eigenvalue weighted by Crippen LogP contribution is 2.44. The zero-order chi connectivity index (χ0) is 47.7. The third-order valence-corrected chi connectivity index (χ3v) is 15.3. The Morgan fingerprint density at radius 2 is 0.548 bits per heavy atom. The van der Waals surface area contributed by atoms with Gasteiger partial charge >= 0.3 is 0 Å². The van der Waals surface area contributed by atoms with Gasteiger partial charge in [-0.05, 0) is 115 Å². The molecular weight excluding hydrogens is 889 g/mol. The summed E-state index contributed by atoms with van der Waals surface area (Å²) < 4.78 is 12.1. The molecule has 0 N–H and O–H groups in total. The molecule has 6 nitrogen and oxygen atoms in total. The van der Waals surface area contributed by atoms with Gasteiger partial charge in [-0.25, -0.2) is 4.98 Å². The third kappa shape index (κ3) is 5.71. The van der Waals surface area contributed by atoms with Crippen molar-refractivity contribution >= 4 is 98.3 Å². The summed E-state index contributed by atoms with van der Waals surface area (Å²) in [6.07, 6.45) is 0. The highest BCUT2D eigenvalue weighted by molar-refractivity contribution is 6.29. The second kappa shape index (κ2) is 15.3. The van der Waals surface area contributed by atoms with Crippen LogP contribution < -0.4 is 0 Å². The summed E-state index contributed by atoms with van der Waals surface area (Å²) in [6.45, 7) is 0. The highest BCUT2D eigenvalue weighted by atomic mass is 15.1. The van der Waals surface area contributed by atoms with E-state index in [1.54, 1.807) is 0 Å². The predicted molar refractivity (Wildman–Crippen MR) is 304 cm³/mol. The summed E-state index contributed by atoms with van der Waals surface area (Å²) in [7, 11) is 0. The van der Waals surface area contributed by atoms with Gasteiger partial charge in [0.1, 0.15) is 5.82 Å². The van der Waals surface area contributed by atoms with Crippen molar-refractivity contribution in [3.8, 4) is 39.8 Å². The SMILES string of the molecule is c1ccc(-n2c(-c3ccc(-n4c5ccccc5c5c6c7ccccc7n(-c7cc(-n8c9ccccc9c9ccccc98)cc(-n8c9ccccc9c9ccccc98)c7)c6ccc54)cc3)nc3ccccc32)cc1. The van der Waals surface area contributed by atoms with Gasteiger partial charge in [0, 0.05) is 60.0 Å². The van der Waals surface area contributed by atoms with Gasteiger partial charge in [-0.3, -0.25) is 4.57 Å². The van der Waals surface area contributed by atoms with E-state index in [0.717, 1.165) is 72.9 Å². The molecule has 0 aliphatic rings. The van der Waals surface area contributed by atoms with Crippen molar-refractivity contribution in [2.75, 3.05) is 0 Å². The fourth-order valence-electron chi connectivity index (χ4n) is 12.3. The van der Waals surface area contributed by atoms with Crippen LogP contribution in [0.2, 0.25) is 0 Å². The predicted octanol–water partition coefficient (Wildman–Crippen LogP) is 17.1. The number of hydrogen-bond acceptors (Lipinski definition) is 1. The number of aromatic nitrogens is 6. The summed E-state index contributed by atoms with van der Waals surface area (Å²) in [5.74, 6) is 0.916. The molecule has 0 bridgehead atoms. The van der Waals surface area contributed by atoms with Crippen LogP contribution in [0.4, 0.5) is 0 Å². The van der Waals surface area contributed by atoms with Crippen LogP contribution in [0.1, 0.15) is 0 Å². The van der Waals surface area contributed by atoms with Crippen molar-refractivity contribution in [1.82, 2.24) is 27.8 Å². The lowest BCUT2D eigenvalue weighted by molar-refractivity contribution is 1.10. The van der Waals surface area contributed by atoms with E-state index < -0.39 is 0 Å². The number of rotatable bonds is 6.